The molecule has 1 aliphatic heterocycles. The fourth-order valence-electron chi connectivity index (χ4n) is 3.34. The number of carbonyl (C=O) groups excluding carboxylic acids is 1. The highest BCUT2D eigenvalue weighted by Gasteiger charge is 2.26. The molecular weight excluding hydrogens is 412 g/mol. The minimum Gasteiger partial charge on any atom is -0.434 e. The largest absolute Gasteiger partial charge is 0.434 e. The van der Waals surface area contributed by atoms with Gasteiger partial charge in [-0.3, -0.25) is 4.79 Å². The van der Waals surface area contributed by atoms with Gasteiger partial charge in [0.1, 0.15) is 5.75 Å². The van der Waals surface area contributed by atoms with Crippen LogP contribution in [0.2, 0.25) is 0 Å². The van der Waals surface area contributed by atoms with E-state index in [-0.39, 0.29) is 17.6 Å². The molecule has 0 aliphatic carbocycles. The molecule has 4 rings (SSSR count). The minimum atomic E-state index is -2.92. The van der Waals surface area contributed by atoms with E-state index < -0.39 is 6.61 Å². The molecule has 156 valence electrons. The van der Waals surface area contributed by atoms with Gasteiger partial charge in [-0.15, -0.1) is 11.3 Å². The maximum Gasteiger partial charge on any atom is 0.387 e. The number of nitrogens with zero attached hydrogens (tertiary/aromatic N) is 4. The van der Waals surface area contributed by atoms with Gasteiger partial charge < -0.3 is 15.0 Å². The van der Waals surface area contributed by atoms with Crippen molar-refractivity contribution in [1.82, 2.24) is 15.0 Å². The number of benzene rings is 1. The van der Waals surface area contributed by atoms with Gasteiger partial charge in [0.25, 0.3) is 0 Å². The third kappa shape index (κ3) is 4.70. The minimum absolute atomic E-state index is 0.0474. The monoisotopic (exact) mass is 431 g/mol. The van der Waals surface area contributed by atoms with Crippen molar-refractivity contribution in [3.8, 4) is 17.0 Å². The molecule has 3 heterocycles. The number of para-hydroxylation sites is 1. The van der Waals surface area contributed by atoms with Crippen molar-refractivity contribution < 1.29 is 18.3 Å². The lowest BCUT2D eigenvalue weighted by Gasteiger charge is -2.30. The number of aromatic nitrogens is 3. The molecule has 1 fully saturated rings. The summed E-state index contributed by atoms with van der Waals surface area (Å²) in [6.45, 7) is -1.52. The molecule has 30 heavy (non-hydrogen) atoms. The number of thiazole rings is 1. The van der Waals surface area contributed by atoms with Gasteiger partial charge in [0, 0.05) is 42.3 Å². The fourth-order valence-corrected chi connectivity index (χ4v) is 4.05. The lowest BCUT2D eigenvalue weighted by molar-refractivity contribution is -0.120. The van der Waals surface area contributed by atoms with Gasteiger partial charge in [0.15, 0.2) is 5.13 Å². The second-order valence-electron chi connectivity index (χ2n) is 6.71. The smallest absolute Gasteiger partial charge is 0.387 e. The molecule has 1 saturated heterocycles. The van der Waals surface area contributed by atoms with Crippen LogP contribution in [0.4, 0.5) is 19.9 Å². The number of ether oxygens (including phenoxy) is 1. The maximum absolute atomic E-state index is 12.7. The second kappa shape index (κ2) is 9.12. The van der Waals surface area contributed by atoms with Crippen molar-refractivity contribution in [3.05, 3.63) is 48.1 Å². The molecule has 10 heteroatoms. The van der Waals surface area contributed by atoms with Crippen LogP contribution in [0.1, 0.15) is 12.8 Å². The summed E-state index contributed by atoms with van der Waals surface area (Å²) < 4.78 is 29.8. The van der Waals surface area contributed by atoms with Gasteiger partial charge in [-0.25, -0.2) is 15.0 Å². The van der Waals surface area contributed by atoms with Crippen LogP contribution in [0, 0.1) is 5.92 Å². The van der Waals surface area contributed by atoms with Crippen molar-refractivity contribution in [2.45, 2.75) is 19.5 Å². The van der Waals surface area contributed by atoms with E-state index in [0.29, 0.717) is 48.3 Å². The number of anilines is 2. The Kier molecular flexibility index (Phi) is 6.12. The Morgan fingerprint density at radius 3 is 2.63 bits per heavy atom. The first-order valence-electron chi connectivity index (χ1n) is 9.42. The van der Waals surface area contributed by atoms with E-state index in [9.17, 15) is 13.6 Å². The molecule has 3 aromatic rings. The molecular formula is C20H19F2N5O2S. The van der Waals surface area contributed by atoms with Crippen molar-refractivity contribution in [2.75, 3.05) is 23.3 Å². The van der Waals surface area contributed by atoms with Crippen LogP contribution in [-0.2, 0) is 4.79 Å². The highest BCUT2D eigenvalue weighted by atomic mass is 32.1. The molecule has 0 saturated carbocycles. The number of carbonyl (C=O) groups is 1. The molecule has 0 radical (unpaired) electrons. The zero-order valence-corrected chi connectivity index (χ0v) is 16.7. The van der Waals surface area contributed by atoms with Crippen molar-refractivity contribution >= 4 is 28.3 Å². The van der Waals surface area contributed by atoms with Gasteiger partial charge in [0.05, 0.1) is 5.69 Å². The molecule has 0 bridgehead atoms. The average Bonchev–Trinajstić information content (AvgIpc) is 3.22. The summed E-state index contributed by atoms with van der Waals surface area (Å²) in [6.07, 6.45) is 4.78. The summed E-state index contributed by atoms with van der Waals surface area (Å²) in [7, 11) is 0. The topological polar surface area (TPSA) is 80.2 Å². The first kappa shape index (κ1) is 20.1. The normalized spacial score (nSPS) is 14.7. The van der Waals surface area contributed by atoms with Gasteiger partial charge in [-0.05, 0) is 31.0 Å². The van der Waals surface area contributed by atoms with E-state index in [0.717, 1.165) is 0 Å². The van der Waals surface area contributed by atoms with E-state index >= 15 is 0 Å². The highest BCUT2D eigenvalue weighted by molar-refractivity contribution is 7.14. The lowest BCUT2D eigenvalue weighted by atomic mass is 9.96. The van der Waals surface area contributed by atoms with Crippen LogP contribution < -0.4 is 15.0 Å². The Labute approximate surface area is 175 Å². The summed E-state index contributed by atoms with van der Waals surface area (Å²) in [5, 5.41) is 4.98. The van der Waals surface area contributed by atoms with Crippen molar-refractivity contribution in [1.29, 1.82) is 0 Å². The number of alkyl halides is 2. The molecule has 1 amide bonds. The van der Waals surface area contributed by atoms with Gasteiger partial charge in [-0.2, -0.15) is 8.78 Å². The number of amides is 1. The molecule has 7 nitrogen and oxygen atoms in total. The highest BCUT2D eigenvalue weighted by Crippen LogP contribution is 2.33. The van der Waals surface area contributed by atoms with Gasteiger partial charge >= 0.3 is 6.61 Å². The fraction of sp³-hybridized carbons (Fsp3) is 0.300. The Bertz CT molecular complexity index is 994. The number of hydrogen-bond acceptors (Lipinski definition) is 7. The predicted octanol–water partition coefficient (Wildman–Crippen LogP) is 4.06. The molecule has 0 spiro atoms. The molecule has 1 aliphatic rings. The number of hydrogen-bond donors (Lipinski definition) is 1. The van der Waals surface area contributed by atoms with Gasteiger partial charge in [-0.1, -0.05) is 12.1 Å². The van der Waals surface area contributed by atoms with E-state index in [1.165, 1.54) is 17.4 Å². The number of piperidine rings is 1. The van der Waals surface area contributed by atoms with Crippen LogP contribution in [0.25, 0.3) is 11.3 Å². The van der Waals surface area contributed by atoms with E-state index in [1.54, 1.807) is 42.0 Å². The second-order valence-corrected chi connectivity index (χ2v) is 7.57. The SMILES string of the molecule is O=C(Nc1nc(-c2ccccc2OC(F)F)cs1)C1CCN(c2ncccn2)CC1. The summed E-state index contributed by atoms with van der Waals surface area (Å²) >= 11 is 1.25. The average molecular weight is 431 g/mol. The van der Waals surface area contributed by atoms with Crippen LogP contribution in [0.5, 0.6) is 5.75 Å². The zero-order valence-electron chi connectivity index (χ0n) is 15.9. The summed E-state index contributed by atoms with van der Waals surface area (Å²) in [5.74, 6) is 0.491. The first-order valence-corrected chi connectivity index (χ1v) is 10.3. The number of nitrogens with one attached hydrogen (secondary N) is 1. The maximum atomic E-state index is 12.7. The van der Waals surface area contributed by atoms with Crippen molar-refractivity contribution in [3.63, 3.8) is 0 Å². The lowest BCUT2D eigenvalue weighted by Crippen LogP contribution is -2.38. The van der Waals surface area contributed by atoms with E-state index in [1.807, 2.05) is 0 Å². The Balaban J connectivity index is 1.37. The zero-order chi connectivity index (χ0) is 20.9. The number of halogens is 2. The van der Waals surface area contributed by atoms with Crippen LogP contribution >= 0.6 is 11.3 Å². The standard InChI is InChI=1S/C20H19F2N5O2S/c21-18(22)29-16-5-2-1-4-14(16)15-12-30-20(25-15)26-17(28)13-6-10-27(11-7-13)19-23-8-3-9-24-19/h1-5,8-9,12-13,18H,6-7,10-11H2,(H,25,26,28). The molecule has 0 atom stereocenters. The van der Waals surface area contributed by atoms with E-state index in [2.05, 4.69) is 29.9 Å². The van der Waals surface area contributed by atoms with Crippen LogP contribution in [0.15, 0.2) is 48.1 Å². The summed E-state index contributed by atoms with van der Waals surface area (Å²) in [4.78, 5) is 27.6. The quantitative estimate of drug-likeness (QED) is 0.634. The summed E-state index contributed by atoms with van der Waals surface area (Å²) in [5.41, 5.74) is 0.924. The van der Waals surface area contributed by atoms with Crippen molar-refractivity contribution in [2.24, 2.45) is 5.92 Å². The molecule has 0 unspecified atom stereocenters. The first-order chi connectivity index (χ1) is 14.6. The van der Waals surface area contributed by atoms with Crippen LogP contribution in [0.3, 0.4) is 0 Å². The molecule has 1 aromatic carbocycles. The Hall–Kier alpha value is -3.14. The third-order valence-corrected chi connectivity index (χ3v) is 5.57. The number of rotatable bonds is 6. The van der Waals surface area contributed by atoms with Gasteiger partial charge in [0.2, 0.25) is 11.9 Å². The van der Waals surface area contributed by atoms with E-state index in [4.69, 9.17) is 0 Å². The molecule has 2 aromatic heterocycles. The third-order valence-electron chi connectivity index (χ3n) is 4.81. The van der Waals surface area contributed by atoms with Crippen LogP contribution in [-0.4, -0.2) is 40.6 Å². The Morgan fingerprint density at radius 1 is 1.17 bits per heavy atom. The molecule has 1 N–H and O–H groups in total. The Morgan fingerprint density at radius 2 is 1.90 bits per heavy atom. The predicted molar refractivity (Wildman–Crippen MR) is 110 cm³/mol. The summed E-state index contributed by atoms with van der Waals surface area (Å²) in [6, 6.07) is 8.21.